The smallest absolute Gasteiger partial charge is 0.326 e. The van der Waals surface area contributed by atoms with Crippen molar-refractivity contribution in [3.8, 4) is 0 Å². The van der Waals surface area contributed by atoms with Crippen LogP contribution in [-0.4, -0.2) is 27.6 Å². The molecule has 18 heavy (non-hydrogen) atoms. The van der Waals surface area contributed by atoms with Crippen LogP contribution in [0.2, 0.25) is 5.02 Å². The summed E-state index contributed by atoms with van der Waals surface area (Å²) >= 11 is 5.82. The fourth-order valence-electron chi connectivity index (χ4n) is 1.55. The highest BCUT2D eigenvalue weighted by Crippen LogP contribution is 2.14. The summed E-state index contributed by atoms with van der Waals surface area (Å²) in [6.07, 6.45) is 3.24. The van der Waals surface area contributed by atoms with Crippen molar-refractivity contribution in [3.63, 3.8) is 0 Å². The predicted octanol–water partition coefficient (Wildman–Crippen LogP) is 1.92. The predicted molar refractivity (Wildman–Crippen MR) is 68.8 cm³/mol. The first-order valence-corrected chi connectivity index (χ1v) is 5.87. The van der Waals surface area contributed by atoms with Gasteiger partial charge in [0.15, 0.2) is 0 Å². The lowest BCUT2D eigenvalue weighted by molar-refractivity contribution is -0.139. The van der Waals surface area contributed by atoms with Crippen molar-refractivity contribution >= 4 is 23.5 Å². The Bertz CT molecular complexity index is 468. The molecule has 0 radical (unpaired) electrons. The molecular formula is C12H15ClN2O3. The van der Waals surface area contributed by atoms with Crippen molar-refractivity contribution in [1.29, 1.82) is 0 Å². The van der Waals surface area contributed by atoms with Gasteiger partial charge in [-0.3, -0.25) is 4.79 Å². The number of hydrogen-bond acceptors (Lipinski definition) is 2. The number of carboxylic acids is 1. The number of aliphatic carboxylic acids is 1. The van der Waals surface area contributed by atoms with Crippen LogP contribution in [0, 0.1) is 0 Å². The lowest BCUT2D eigenvalue weighted by Gasteiger charge is -2.13. The van der Waals surface area contributed by atoms with Crippen LogP contribution in [0.4, 0.5) is 0 Å². The van der Waals surface area contributed by atoms with E-state index in [4.69, 9.17) is 16.7 Å². The Labute approximate surface area is 110 Å². The van der Waals surface area contributed by atoms with E-state index in [0.29, 0.717) is 17.3 Å². The number of halogens is 1. The second kappa shape index (κ2) is 6.26. The molecule has 0 aromatic carbocycles. The van der Waals surface area contributed by atoms with E-state index in [1.54, 1.807) is 10.8 Å². The molecule has 1 amide bonds. The molecule has 1 aromatic rings. The summed E-state index contributed by atoms with van der Waals surface area (Å²) in [5, 5.41) is 11.8. The minimum Gasteiger partial charge on any atom is -0.480 e. The molecule has 1 unspecified atom stereocenters. The minimum atomic E-state index is -1.09. The third-order valence-corrected chi connectivity index (χ3v) is 2.65. The van der Waals surface area contributed by atoms with Gasteiger partial charge in [-0.1, -0.05) is 17.7 Å². The van der Waals surface area contributed by atoms with Gasteiger partial charge >= 0.3 is 5.97 Å². The van der Waals surface area contributed by atoms with Crippen molar-refractivity contribution < 1.29 is 14.7 Å². The fourth-order valence-corrected chi connectivity index (χ4v) is 1.77. The second-order valence-electron chi connectivity index (χ2n) is 3.72. The molecule has 0 spiro atoms. The summed E-state index contributed by atoms with van der Waals surface area (Å²) in [5.41, 5.74) is 0.345. The Morgan fingerprint density at radius 2 is 2.33 bits per heavy atom. The van der Waals surface area contributed by atoms with E-state index in [1.807, 2.05) is 6.92 Å². The number of aromatic nitrogens is 1. The van der Waals surface area contributed by atoms with Gasteiger partial charge in [-0.2, -0.15) is 0 Å². The van der Waals surface area contributed by atoms with Crippen LogP contribution in [0.1, 0.15) is 23.8 Å². The van der Waals surface area contributed by atoms with E-state index in [1.165, 1.54) is 12.1 Å². The zero-order valence-electron chi connectivity index (χ0n) is 10.0. The Balaban J connectivity index is 2.86. The van der Waals surface area contributed by atoms with Crippen LogP contribution in [0.25, 0.3) is 0 Å². The standard InChI is InChI=1S/C12H15ClN2O3/c1-3-5-9(12(17)18)14-11(16)10-6-8(13)7-15(10)4-2/h3,6-7,9H,1,4-5H2,2H3,(H,14,16)(H,17,18). The molecule has 98 valence electrons. The van der Waals surface area contributed by atoms with Crippen molar-refractivity contribution in [2.75, 3.05) is 0 Å². The quantitative estimate of drug-likeness (QED) is 0.776. The molecule has 0 fully saturated rings. The van der Waals surface area contributed by atoms with E-state index >= 15 is 0 Å². The largest absolute Gasteiger partial charge is 0.480 e. The Hall–Kier alpha value is -1.75. The topological polar surface area (TPSA) is 71.3 Å². The number of nitrogens with zero attached hydrogens (tertiary/aromatic N) is 1. The molecule has 0 aliphatic heterocycles. The molecule has 5 nitrogen and oxygen atoms in total. The maximum Gasteiger partial charge on any atom is 0.326 e. The fraction of sp³-hybridized carbons (Fsp3) is 0.333. The van der Waals surface area contributed by atoms with Gasteiger partial charge in [0.05, 0.1) is 5.02 Å². The van der Waals surface area contributed by atoms with Crippen LogP contribution in [0.5, 0.6) is 0 Å². The molecule has 0 aliphatic carbocycles. The molecular weight excluding hydrogens is 256 g/mol. The van der Waals surface area contributed by atoms with Gasteiger partial charge in [0.1, 0.15) is 11.7 Å². The van der Waals surface area contributed by atoms with Gasteiger partial charge in [0, 0.05) is 12.7 Å². The Morgan fingerprint density at radius 1 is 1.67 bits per heavy atom. The van der Waals surface area contributed by atoms with E-state index in [0.717, 1.165) is 0 Å². The summed E-state index contributed by atoms with van der Waals surface area (Å²) < 4.78 is 1.66. The van der Waals surface area contributed by atoms with Gasteiger partial charge in [-0.05, 0) is 19.4 Å². The molecule has 1 aromatic heterocycles. The van der Waals surface area contributed by atoms with Crippen LogP contribution < -0.4 is 5.32 Å². The second-order valence-corrected chi connectivity index (χ2v) is 4.15. The number of aryl methyl sites for hydroxylation is 1. The summed E-state index contributed by atoms with van der Waals surface area (Å²) in [6.45, 7) is 5.90. The van der Waals surface area contributed by atoms with Crippen molar-refractivity contribution in [2.45, 2.75) is 25.9 Å². The van der Waals surface area contributed by atoms with E-state index < -0.39 is 17.9 Å². The monoisotopic (exact) mass is 270 g/mol. The number of carbonyl (C=O) groups is 2. The van der Waals surface area contributed by atoms with E-state index in [2.05, 4.69) is 11.9 Å². The molecule has 0 bridgehead atoms. The number of hydrogen-bond donors (Lipinski definition) is 2. The Kier molecular flexibility index (Phi) is 4.97. The third-order valence-electron chi connectivity index (χ3n) is 2.44. The van der Waals surface area contributed by atoms with Gasteiger partial charge in [-0.25, -0.2) is 4.79 Å². The maximum absolute atomic E-state index is 11.9. The third kappa shape index (κ3) is 3.37. The average Bonchev–Trinajstić information content (AvgIpc) is 2.69. The van der Waals surface area contributed by atoms with Gasteiger partial charge in [-0.15, -0.1) is 6.58 Å². The summed E-state index contributed by atoms with van der Waals surface area (Å²) in [6, 6.07) is 0.529. The highest BCUT2D eigenvalue weighted by atomic mass is 35.5. The lowest BCUT2D eigenvalue weighted by atomic mass is 10.2. The van der Waals surface area contributed by atoms with Gasteiger partial charge < -0.3 is 15.0 Å². The average molecular weight is 271 g/mol. The highest BCUT2D eigenvalue weighted by Gasteiger charge is 2.21. The number of nitrogens with one attached hydrogen (secondary N) is 1. The van der Waals surface area contributed by atoms with E-state index in [-0.39, 0.29) is 6.42 Å². The number of rotatable bonds is 6. The Morgan fingerprint density at radius 3 is 2.83 bits per heavy atom. The minimum absolute atomic E-state index is 0.168. The normalized spacial score (nSPS) is 11.9. The van der Waals surface area contributed by atoms with Crippen molar-refractivity contribution in [1.82, 2.24) is 9.88 Å². The molecule has 0 aliphatic rings. The SMILES string of the molecule is C=CCC(NC(=O)c1cc(Cl)cn1CC)C(=O)O. The van der Waals surface area contributed by atoms with Gasteiger partial charge in [0.2, 0.25) is 0 Å². The van der Waals surface area contributed by atoms with Crippen LogP contribution in [-0.2, 0) is 11.3 Å². The maximum atomic E-state index is 11.9. The molecule has 6 heteroatoms. The summed E-state index contributed by atoms with van der Waals surface area (Å²) in [4.78, 5) is 22.9. The summed E-state index contributed by atoms with van der Waals surface area (Å²) in [5.74, 6) is -1.55. The van der Waals surface area contributed by atoms with Crippen LogP contribution >= 0.6 is 11.6 Å². The first kappa shape index (κ1) is 14.3. The molecule has 1 heterocycles. The highest BCUT2D eigenvalue weighted by molar-refractivity contribution is 6.31. The van der Waals surface area contributed by atoms with Crippen molar-refractivity contribution in [2.24, 2.45) is 0 Å². The zero-order valence-corrected chi connectivity index (χ0v) is 10.8. The number of amides is 1. The van der Waals surface area contributed by atoms with Crippen molar-refractivity contribution in [3.05, 3.63) is 35.6 Å². The molecule has 0 saturated heterocycles. The lowest BCUT2D eigenvalue weighted by Crippen LogP contribution is -2.41. The first-order chi connectivity index (χ1) is 8.49. The molecule has 0 saturated carbocycles. The van der Waals surface area contributed by atoms with Gasteiger partial charge in [0.25, 0.3) is 5.91 Å². The van der Waals surface area contributed by atoms with Crippen LogP contribution in [0.3, 0.4) is 0 Å². The number of carboxylic acid groups (broad SMARTS) is 1. The van der Waals surface area contributed by atoms with E-state index in [9.17, 15) is 9.59 Å². The first-order valence-electron chi connectivity index (χ1n) is 5.49. The van der Waals surface area contributed by atoms with Crippen LogP contribution in [0.15, 0.2) is 24.9 Å². The summed E-state index contributed by atoms with van der Waals surface area (Å²) in [7, 11) is 0. The zero-order chi connectivity index (χ0) is 13.7. The molecule has 2 N–H and O–H groups in total. The number of carbonyl (C=O) groups excluding carboxylic acids is 1. The molecule has 1 atom stereocenters. The molecule has 1 rings (SSSR count).